The SMILES string of the molecule is COc1cc(OCCCCCCCCCC(=O)OOc2ccc(C(=O)O)c(OC)c2)ccc1C(=O)O. The number of ether oxygens (including phenoxy) is 3. The number of benzene rings is 2. The lowest BCUT2D eigenvalue weighted by molar-refractivity contribution is -0.213. The van der Waals surface area contributed by atoms with Gasteiger partial charge in [0.2, 0.25) is 0 Å². The fraction of sp³-hybridized carbons (Fsp3) is 0.423. The molecule has 0 spiro atoms. The van der Waals surface area contributed by atoms with Crippen LogP contribution in [-0.4, -0.2) is 48.9 Å². The summed E-state index contributed by atoms with van der Waals surface area (Å²) in [5.41, 5.74) is 0.0789. The third-order valence-corrected chi connectivity index (χ3v) is 5.33. The van der Waals surface area contributed by atoms with Gasteiger partial charge in [0.1, 0.15) is 28.4 Å². The minimum absolute atomic E-state index is 0.0170. The number of unbranched alkanes of at least 4 members (excludes halogenated alkanes) is 6. The van der Waals surface area contributed by atoms with Gasteiger partial charge >= 0.3 is 17.9 Å². The number of rotatable bonds is 17. The maximum Gasteiger partial charge on any atom is 0.355 e. The number of aromatic carboxylic acids is 2. The first-order valence-corrected chi connectivity index (χ1v) is 11.7. The van der Waals surface area contributed by atoms with Gasteiger partial charge in [-0.05, 0) is 37.1 Å². The molecule has 0 heterocycles. The molecule has 0 saturated heterocycles. The highest BCUT2D eigenvalue weighted by Gasteiger charge is 2.14. The minimum Gasteiger partial charge on any atom is -0.496 e. The van der Waals surface area contributed by atoms with E-state index in [9.17, 15) is 14.4 Å². The van der Waals surface area contributed by atoms with Crippen LogP contribution >= 0.6 is 0 Å². The van der Waals surface area contributed by atoms with E-state index in [4.69, 9.17) is 34.2 Å². The maximum atomic E-state index is 11.8. The molecule has 0 aliphatic rings. The summed E-state index contributed by atoms with van der Waals surface area (Å²) in [5, 5.41) is 18.2. The number of carboxylic acid groups (broad SMARTS) is 2. The van der Waals surface area contributed by atoms with Gasteiger partial charge in [-0.1, -0.05) is 32.1 Å². The van der Waals surface area contributed by atoms with Gasteiger partial charge in [-0.25, -0.2) is 14.4 Å². The van der Waals surface area contributed by atoms with Crippen LogP contribution < -0.4 is 19.1 Å². The highest BCUT2D eigenvalue weighted by Crippen LogP contribution is 2.26. The van der Waals surface area contributed by atoms with Crippen molar-refractivity contribution >= 4 is 17.9 Å². The molecule has 0 fully saturated rings. The molecule has 2 aromatic rings. The molecule has 0 saturated carbocycles. The largest absolute Gasteiger partial charge is 0.496 e. The van der Waals surface area contributed by atoms with Gasteiger partial charge in [-0.2, -0.15) is 0 Å². The second-order valence-electron chi connectivity index (χ2n) is 7.95. The summed E-state index contributed by atoms with van der Waals surface area (Å²) in [5.74, 6) is -1.55. The summed E-state index contributed by atoms with van der Waals surface area (Å²) in [6, 6.07) is 8.70. The Labute approximate surface area is 209 Å². The van der Waals surface area contributed by atoms with E-state index in [1.54, 1.807) is 12.1 Å². The Hall–Kier alpha value is -3.95. The molecule has 2 N–H and O–H groups in total. The predicted molar refractivity (Wildman–Crippen MR) is 129 cm³/mol. The average molecular weight is 505 g/mol. The molecule has 0 unspecified atom stereocenters. The molecule has 2 rings (SSSR count). The van der Waals surface area contributed by atoms with E-state index in [2.05, 4.69) is 0 Å². The Balaban J connectivity index is 1.51. The van der Waals surface area contributed by atoms with Gasteiger partial charge in [0.15, 0.2) is 5.75 Å². The molecule has 0 aliphatic heterocycles. The number of hydrogen-bond donors (Lipinski definition) is 2. The molecule has 0 aromatic heterocycles. The highest BCUT2D eigenvalue weighted by atomic mass is 17.2. The predicted octanol–water partition coefficient (Wildman–Crippen LogP) is 5.14. The zero-order valence-corrected chi connectivity index (χ0v) is 20.5. The van der Waals surface area contributed by atoms with Crippen LogP contribution in [0.2, 0.25) is 0 Å². The molecule has 10 nitrogen and oxygen atoms in total. The van der Waals surface area contributed by atoms with E-state index in [-0.39, 0.29) is 34.8 Å². The van der Waals surface area contributed by atoms with Crippen molar-refractivity contribution in [3.05, 3.63) is 47.5 Å². The van der Waals surface area contributed by atoms with Gasteiger partial charge in [-0.15, -0.1) is 0 Å². The molecular weight excluding hydrogens is 472 g/mol. The van der Waals surface area contributed by atoms with Crippen LogP contribution in [0.3, 0.4) is 0 Å². The fourth-order valence-electron chi connectivity index (χ4n) is 3.42. The number of methoxy groups -OCH3 is 2. The quantitative estimate of drug-likeness (QED) is 0.169. The summed E-state index contributed by atoms with van der Waals surface area (Å²) < 4.78 is 15.8. The Morgan fingerprint density at radius 1 is 0.694 bits per heavy atom. The van der Waals surface area contributed by atoms with Gasteiger partial charge < -0.3 is 24.4 Å². The summed E-state index contributed by atoms with van der Waals surface area (Å²) in [6.07, 6.45) is 6.77. The van der Waals surface area contributed by atoms with Crippen LogP contribution in [0.4, 0.5) is 0 Å². The molecule has 196 valence electrons. The second-order valence-corrected chi connectivity index (χ2v) is 7.95. The molecule has 0 bridgehead atoms. The number of carbonyl (C=O) groups is 3. The first-order valence-electron chi connectivity index (χ1n) is 11.7. The van der Waals surface area contributed by atoms with Crippen molar-refractivity contribution < 1.29 is 48.6 Å². The number of carbonyl (C=O) groups excluding carboxylic acids is 1. The summed E-state index contributed by atoms with van der Waals surface area (Å²) in [7, 11) is 2.76. The number of carboxylic acids is 2. The van der Waals surface area contributed by atoms with Crippen molar-refractivity contribution in [2.75, 3.05) is 20.8 Å². The second kappa shape index (κ2) is 15.1. The zero-order chi connectivity index (χ0) is 26.3. The minimum atomic E-state index is -1.13. The molecule has 0 radical (unpaired) electrons. The molecule has 0 aliphatic carbocycles. The van der Waals surface area contributed by atoms with E-state index in [1.807, 2.05) is 0 Å². The van der Waals surface area contributed by atoms with Crippen LogP contribution in [0.25, 0.3) is 0 Å². The topological polar surface area (TPSA) is 138 Å². The molecule has 10 heteroatoms. The highest BCUT2D eigenvalue weighted by molar-refractivity contribution is 5.91. The Morgan fingerprint density at radius 3 is 1.75 bits per heavy atom. The first-order chi connectivity index (χ1) is 17.3. The molecular formula is C26H32O10. The van der Waals surface area contributed by atoms with E-state index < -0.39 is 17.9 Å². The third kappa shape index (κ3) is 9.36. The van der Waals surface area contributed by atoms with Gasteiger partial charge in [-0.3, -0.25) is 9.78 Å². The number of hydrogen-bond acceptors (Lipinski definition) is 8. The standard InChI is InChI=1S/C26H32O10/c1-32-22-16-18(11-13-20(22)25(28)29)34-15-9-7-5-3-4-6-8-10-24(27)36-35-19-12-14-21(26(30)31)23(17-19)33-2/h11-14,16-17H,3-10,15H2,1-2H3,(H,28,29)(H,30,31). The summed E-state index contributed by atoms with van der Waals surface area (Å²) >= 11 is 0. The van der Waals surface area contributed by atoms with Crippen molar-refractivity contribution in [3.63, 3.8) is 0 Å². The van der Waals surface area contributed by atoms with Crippen LogP contribution in [0, 0.1) is 0 Å². The van der Waals surface area contributed by atoms with Crippen LogP contribution in [0.15, 0.2) is 36.4 Å². The first kappa shape index (κ1) is 28.3. The molecule has 0 amide bonds. The Bertz CT molecular complexity index is 1020. The monoisotopic (exact) mass is 504 g/mol. The molecule has 36 heavy (non-hydrogen) atoms. The van der Waals surface area contributed by atoms with Crippen LogP contribution in [-0.2, 0) is 9.68 Å². The van der Waals surface area contributed by atoms with E-state index in [1.165, 1.54) is 38.5 Å². The van der Waals surface area contributed by atoms with Crippen molar-refractivity contribution in [3.8, 4) is 23.0 Å². The molecule has 2 aromatic carbocycles. The lowest BCUT2D eigenvalue weighted by Crippen LogP contribution is -2.08. The van der Waals surface area contributed by atoms with Crippen molar-refractivity contribution in [2.24, 2.45) is 0 Å². The van der Waals surface area contributed by atoms with E-state index in [0.29, 0.717) is 18.8 Å². The lowest BCUT2D eigenvalue weighted by Gasteiger charge is -2.10. The normalized spacial score (nSPS) is 10.4. The van der Waals surface area contributed by atoms with E-state index >= 15 is 0 Å². The van der Waals surface area contributed by atoms with Crippen molar-refractivity contribution in [1.29, 1.82) is 0 Å². The third-order valence-electron chi connectivity index (χ3n) is 5.33. The van der Waals surface area contributed by atoms with Gasteiger partial charge in [0.25, 0.3) is 0 Å². The zero-order valence-electron chi connectivity index (χ0n) is 20.5. The van der Waals surface area contributed by atoms with E-state index in [0.717, 1.165) is 38.5 Å². The fourth-order valence-corrected chi connectivity index (χ4v) is 3.42. The average Bonchev–Trinajstić information content (AvgIpc) is 2.87. The maximum absolute atomic E-state index is 11.8. The summed E-state index contributed by atoms with van der Waals surface area (Å²) in [6.45, 7) is 0.534. The van der Waals surface area contributed by atoms with Gasteiger partial charge in [0, 0.05) is 12.1 Å². The summed E-state index contributed by atoms with van der Waals surface area (Å²) in [4.78, 5) is 43.8. The van der Waals surface area contributed by atoms with Gasteiger partial charge in [0.05, 0.1) is 27.2 Å². The Kier molecular flexibility index (Phi) is 11.9. The molecule has 0 atom stereocenters. The van der Waals surface area contributed by atoms with Crippen LogP contribution in [0.5, 0.6) is 23.0 Å². The lowest BCUT2D eigenvalue weighted by atomic mass is 10.1. The smallest absolute Gasteiger partial charge is 0.355 e. The van der Waals surface area contributed by atoms with Crippen molar-refractivity contribution in [2.45, 2.75) is 51.4 Å². The Morgan fingerprint density at radius 2 is 1.19 bits per heavy atom. The van der Waals surface area contributed by atoms with Crippen LogP contribution in [0.1, 0.15) is 72.1 Å². The van der Waals surface area contributed by atoms with Crippen molar-refractivity contribution in [1.82, 2.24) is 0 Å².